The number of rotatable bonds is 10. The minimum absolute atomic E-state index is 0.0317. The Kier molecular flexibility index (Phi) is 9.04. The van der Waals surface area contributed by atoms with Crippen LogP contribution in [0, 0.1) is 0 Å². The molecule has 0 saturated heterocycles. The molecule has 1 saturated carbocycles. The number of hydrogen-bond donors (Lipinski definition) is 2. The van der Waals surface area contributed by atoms with Crippen molar-refractivity contribution >= 4 is 11.7 Å². The molecule has 0 unspecified atom stereocenters. The van der Waals surface area contributed by atoms with Gasteiger partial charge in [0, 0.05) is 19.3 Å². The Balaban J connectivity index is 1.63. The van der Waals surface area contributed by atoms with E-state index in [4.69, 9.17) is 9.94 Å². The summed E-state index contributed by atoms with van der Waals surface area (Å²) in [5, 5.41) is 15.8. The summed E-state index contributed by atoms with van der Waals surface area (Å²) in [6, 6.07) is 8.06. The summed E-state index contributed by atoms with van der Waals surface area (Å²) in [5.74, 6) is -0.911. The monoisotopic (exact) mass is 477 g/mol. The van der Waals surface area contributed by atoms with E-state index in [1.807, 2.05) is 0 Å². The topological polar surface area (TPSA) is 83.8 Å². The summed E-state index contributed by atoms with van der Waals surface area (Å²) < 4.78 is 41.2. The van der Waals surface area contributed by atoms with E-state index < -0.39 is 17.7 Å². The molecule has 9 heteroatoms. The van der Waals surface area contributed by atoms with E-state index in [1.54, 1.807) is 37.4 Å². The Morgan fingerprint density at radius 3 is 2.65 bits per heavy atom. The van der Waals surface area contributed by atoms with E-state index in [1.165, 1.54) is 6.07 Å². The summed E-state index contributed by atoms with van der Waals surface area (Å²) in [5.41, 5.74) is 2.17. The minimum Gasteiger partial charge on any atom is -0.481 e. The van der Waals surface area contributed by atoms with Gasteiger partial charge in [-0.25, -0.2) is 0 Å². The van der Waals surface area contributed by atoms with Crippen LogP contribution in [-0.2, 0) is 29.0 Å². The zero-order chi connectivity index (χ0) is 24.6. The number of oxime groups is 1. The lowest BCUT2D eigenvalue weighted by Gasteiger charge is -2.25. The number of aromatic nitrogens is 1. The number of nitrogens with one attached hydrogen (secondary N) is 1. The number of aliphatic carboxylic acids is 1. The molecule has 0 aliphatic heterocycles. The average Bonchev–Trinajstić information content (AvgIpc) is 2.82. The fraction of sp³-hybridized carbons (Fsp3) is 0.480. The molecule has 184 valence electrons. The van der Waals surface area contributed by atoms with Crippen molar-refractivity contribution in [1.29, 1.82) is 0 Å². The van der Waals surface area contributed by atoms with Crippen molar-refractivity contribution in [2.75, 3.05) is 6.54 Å². The molecule has 1 aromatic carbocycles. The summed E-state index contributed by atoms with van der Waals surface area (Å²) in [6.45, 7) is 2.45. The first-order valence-electron chi connectivity index (χ1n) is 11.5. The second-order valence-corrected chi connectivity index (χ2v) is 8.57. The Bertz CT molecular complexity index is 1000. The van der Waals surface area contributed by atoms with Crippen molar-refractivity contribution in [2.45, 2.75) is 70.7 Å². The number of benzene rings is 1. The summed E-state index contributed by atoms with van der Waals surface area (Å²) >= 11 is 0. The van der Waals surface area contributed by atoms with Gasteiger partial charge in [0.05, 0.1) is 17.7 Å². The van der Waals surface area contributed by atoms with Gasteiger partial charge in [0.2, 0.25) is 0 Å². The first-order chi connectivity index (χ1) is 16.2. The summed E-state index contributed by atoms with van der Waals surface area (Å²) in [7, 11) is 0. The van der Waals surface area contributed by atoms with Crippen LogP contribution in [0.25, 0.3) is 0 Å². The Labute approximate surface area is 197 Å². The number of alkyl halides is 3. The summed E-state index contributed by atoms with van der Waals surface area (Å²) in [4.78, 5) is 20.2. The van der Waals surface area contributed by atoms with E-state index >= 15 is 0 Å². The van der Waals surface area contributed by atoms with Gasteiger partial charge < -0.3 is 15.3 Å². The Hall–Kier alpha value is -2.94. The van der Waals surface area contributed by atoms with Crippen LogP contribution in [0.1, 0.15) is 79.3 Å². The number of carbonyl (C=O) groups is 1. The van der Waals surface area contributed by atoms with Gasteiger partial charge in [0.25, 0.3) is 0 Å². The molecule has 2 N–H and O–H groups in total. The number of halogens is 3. The van der Waals surface area contributed by atoms with Crippen molar-refractivity contribution in [3.8, 4) is 0 Å². The number of pyridine rings is 1. The molecule has 6 nitrogen and oxygen atoms in total. The molecule has 0 atom stereocenters. The van der Waals surface area contributed by atoms with Crippen molar-refractivity contribution in [3.05, 3.63) is 64.5 Å². The van der Waals surface area contributed by atoms with Crippen LogP contribution in [-0.4, -0.2) is 28.3 Å². The maximum Gasteiger partial charge on any atom is 0.416 e. The molecule has 0 radical (unpaired) electrons. The van der Waals surface area contributed by atoms with Gasteiger partial charge in [0.1, 0.15) is 12.3 Å². The van der Waals surface area contributed by atoms with Crippen molar-refractivity contribution < 1.29 is 27.9 Å². The lowest BCUT2D eigenvalue weighted by atomic mass is 9.81. The first-order valence-corrected chi connectivity index (χ1v) is 11.5. The van der Waals surface area contributed by atoms with Crippen LogP contribution < -0.4 is 5.32 Å². The third-order valence-electron chi connectivity index (χ3n) is 5.94. The van der Waals surface area contributed by atoms with E-state index in [0.717, 1.165) is 37.7 Å². The molecule has 1 aliphatic carbocycles. The van der Waals surface area contributed by atoms with Crippen LogP contribution in [0.4, 0.5) is 13.2 Å². The molecule has 2 aromatic rings. The zero-order valence-corrected chi connectivity index (χ0v) is 19.2. The fourth-order valence-corrected chi connectivity index (χ4v) is 4.17. The Morgan fingerprint density at radius 1 is 1.18 bits per heavy atom. The molecular formula is C25H30F3N3O3. The second-order valence-electron chi connectivity index (χ2n) is 8.57. The molecule has 1 fully saturated rings. The molecule has 1 heterocycles. The molecule has 0 amide bonds. The minimum atomic E-state index is -4.41. The lowest BCUT2D eigenvalue weighted by molar-refractivity contribution is -0.139. The van der Waals surface area contributed by atoms with E-state index in [0.29, 0.717) is 35.6 Å². The highest BCUT2D eigenvalue weighted by Crippen LogP contribution is 2.41. The molecule has 1 aromatic heterocycles. The van der Waals surface area contributed by atoms with Crippen molar-refractivity contribution in [3.63, 3.8) is 0 Å². The van der Waals surface area contributed by atoms with Gasteiger partial charge in [-0.15, -0.1) is 0 Å². The molecule has 0 bridgehead atoms. The smallest absolute Gasteiger partial charge is 0.416 e. The second kappa shape index (κ2) is 12.0. The van der Waals surface area contributed by atoms with E-state index in [9.17, 15) is 18.0 Å². The van der Waals surface area contributed by atoms with Crippen molar-refractivity contribution in [1.82, 2.24) is 10.3 Å². The van der Waals surface area contributed by atoms with Crippen LogP contribution in [0.2, 0.25) is 0 Å². The third-order valence-corrected chi connectivity index (χ3v) is 5.94. The van der Waals surface area contributed by atoms with E-state index in [-0.39, 0.29) is 18.9 Å². The maximum absolute atomic E-state index is 13.7. The molecule has 34 heavy (non-hydrogen) atoms. The van der Waals surface area contributed by atoms with Gasteiger partial charge in [-0.05, 0) is 60.6 Å². The summed E-state index contributed by atoms with van der Waals surface area (Å²) in [6.07, 6.45) is 1.84. The third kappa shape index (κ3) is 7.55. The molecule has 3 rings (SSSR count). The highest BCUT2D eigenvalue weighted by molar-refractivity contribution is 5.96. The first kappa shape index (κ1) is 25.7. The quantitative estimate of drug-likeness (QED) is 0.262. The SMILES string of the molecule is C/C(=N\OCc1ccc(C2CCCCC2)c(C(F)(F)F)c1)c1cc(CNCCC(=O)O)ccn1. The van der Waals surface area contributed by atoms with Crippen LogP contribution in [0.15, 0.2) is 41.7 Å². The van der Waals surface area contributed by atoms with Gasteiger partial charge >= 0.3 is 12.1 Å². The van der Waals surface area contributed by atoms with Crippen LogP contribution in [0.3, 0.4) is 0 Å². The normalized spacial score (nSPS) is 15.4. The molecule has 0 spiro atoms. The lowest BCUT2D eigenvalue weighted by Crippen LogP contribution is -2.18. The highest BCUT2D eigenvalue weighted by Gasteiger charge is 2.35. The standard InChI is InChI=1S/C25H30F3N3O3/c1-17(23-14-18(9-12-30-23)15-29-11-10-24(32)33)31-34-16-19-7-8-21(20-5-3-2-4-6-20)22(13-19)25(26,27)28/h7-9,12-14,20,29H,2-6,10-11,15-16H2,1H3,(H,32,33)/b31-17+. The number of carboxylic acids is 1. The zero-order valence-electron chi connectivity index (χ0n) is 19.2. The average molecular weight is 478 g/mol. The predicted molar refractivity (Wildman–Crippen MR) is 122 cm³/mol. The van der Waals surface area contributed by atoms with Gasteiger partial charge in [-0.2, -0.15) is 13.2 Å². The highest BCUT2D eigenvalue weighted by atomic mass is 19.4. The maximum atomic E-state index is 13.7. The molecular weight excluding hydrogens is 447 g/mol. The van der Waals surface area contributed by atoms with Gasteiger partial charge in [-0.1, -0.05) is 36.6 Å². The number of hydrogen-bond acceptors (Lipinski definition) is 5. The van der Waals surface area contributed by atoms with Crippen molar-refractivity contribution in [2.24, 2.45) is 5.16 Å². The van der Waals surface area contributed by atoms with Crippen LogP contribution in [0.5, 0.6) is 0 Å². The van der Waals surface area contributed by atoms with E-state index in [2.05, 4.69) is 15.5 Å². The predicted octanol–water partition coefficient (Wildman–Crippen LogP) is 5.65. The fourth-order valence-electron chi connectivity index (χ4n) is 4.17. The number of carboxylic acid groups (broad SMARTS) is 1. The van der Waals surface area contributed by atoms with Crippen LogP contribution >= 0.6 is 0 Å². The van der Waals surface area contributed by atoms with Gasteiger partial charge in [0.15, 0.2) is 0 Å². The largest absolute Gasteiger partial charge is 0.481 e. The number of nitrogens with zero attached hydrogens (tertiary/aromatic N) is 2. The van der Waals surface area contributed by atoms with Gasteiger partial charge in [-0.3, -0.25) is 9.78 Å². The Morgan fingerprint density at radius 2 is 1.94 bits per heavy atom. The molecule has 1 aliphatic rings.